The van der Waals surface area contributed by atoms with Gasteiger partial charge < -0.3 is 13.9 Å². The number of fused-ring (bicyclic) bond motifs is 7. The van der Waals surface area contributed by atoms with Crippen LogP contribution in [0.3, 0.4) is 0 Å². The summed E-state index contributed by atoms with van der Waals surface area (Å²) in [6.45, 7) is 0. The summed E-state index contributed by atoms with van der Waals surface area (Å²) in [6, 6.07) is 92.0. The monoisotopic (exact) mass is 854 g/mol. The Kier molecular flexibility index (Phi) is 9.17. The number of hydrogen-bond donors (Lipinski definition) is 0. The molecule has 314 valence electrons. The molecule has 13 rings (SSSR count). The Balaban J connectivity index is 1.00. The van der Waals surface area contributed by atoms with Crippen LogP contribution >= 0.6 is 0 Å². The molecule has 0 unspecified atom stereocenters. The molecule has 0 bridgehead atoms. The van der Waals surface area contributed by atoms with E-state index < -0.39 is 0 Å². The van der Waals surface area contributed by atoms with E-state index in [4.69, 9.17) is 4.42 Å². The molecule has 2 aromatic heterocycles. The van der Waals surface area contributed by atoms with Gasteiger partial charge in [-0.3, -0.25) is 0 Å². The van der Waals surface area contributed by atoms with Crippen LogP contribution in [0.2, 0.25) is 0 Å². The molecule has 0 saturated carbocycles. The third kappa shape index (κ3) is 6.51. The lowest BCUT2D eigenvalue weighted by Crippen LogP contribution is -2.11. The number of nitrogens with zero attached hydrogens (tertiary/aromatic N) is 2. The second-order valence-corrected chi connectivity index (χ2v) is 17.2. The number of furan rings is 1. The van der Waals surface area contributed by atoms with E-state index in [1.807, 2.05) is 6.07 Å². The lowest BCUT2D eigenvalue weighted by molar-refractivity contribution is 0.670. The van der Waals surface area contributed by atoms with Crippen LogP contribution in [0, 0.1) is 0 Å². The summed E-state index contributed by atoms with van der Waals surface area (Å²) in [6.07, 6.45) is 0. The number of aromatic nitrogens is 1. The number of para-hydroxylation sites is 5. The molecule has 3 heteroatoms. The van der Waals surface area contributed by atoms with Crippen molar-refractivity contribution >= 4 is 71.6 Å². The predicted molar refractivity (Wildman–Crippen MR) is 282 cm³/mol. The molecule has 0 saturated heterocycles. The highest BCUT2D eigenvalue weighted by Crippen LogP contribution is 2.46. The summed E-state index contributed by atoms with van der Waals surface area (Å²) < 4.78 is 9.03. The van der Waals surface area contributed by atoms with E-state index in [0.717, 1.165) is 72.5 Å². The maximum absolute atomic E-state index is 6.58. The number of rotatable bonds is 8. The Morgan fingerprint density at radius 3 is 1.72 bits per heavy atom. The Morgan fingerprint density at radius 1 is 0.313 bits per heavy atom. The quantitative estimate of drug-likeness (QED) is 0.152. The second kappa shape index (κ2) is 16.0. The maximum atomic E-state index is 6.58. The van der Waals surface area contributed by atoms with E-state index in [2.05, 4.69) is 258 Å². The first-order valence-electron chi connectivity index (χ1n) is 22.9. The van der Waals surface area contributed by atoms with Gasteiger partial charge >= 0.3 is 0 Å². The predicted octanol–water partition coefficient (Wildman–Crippen LogP) is 18.0. The van der Waals surface area contributed by atoms with Gasteiger partial charge in [0.15, 0.2) is 0 Å². The molecule has 0 aliphatic rings. The summed E-state index contributed by atoms with van der Waals surface area (Å²) in [5, 5.41) is 7.15. The minimum absolute atomic E-state index is 0.892. The number of benzene rings is 11. The van der Waals surface area contributed by atoms with Crippen molar-refractivity contribution in [3.63, 3.8) is 0 Å². The zero-order chi connectivity index (χ0) is 44.3. The molecular weight excluding hydrogens is 813 g/mol. The van der Waals surface area contributed by atoms with Crippen molar-refractivity contribution < 1.29 is 4.42 Å². The van der Waals surface area contributed by atoms with E-state index in [1.165, 1.54) is 49.3 Å². The van der Waals surface area contributed by atoms with Crippen LogP contribution in [0.15, 0.2) is 259 Å². The van der Waals surface area contributed by atoms with Gasteiger partial charge in [-0.15, -0.1) is 0 Å². The van der Waals surface area contributed by atoms with Crippen molar-refractivity contribution in [2.45, 2.75) is 0 Å². The largest absolute Gasteiger partial charge is 0.455 e. The van der Waals surface area contributed by atoms with Crippen LogP contribution in [-0.4, -0.2) is 4.57 Å². The molecule has 2 heterocycles. The van der Waals surface area contributed by atoms with Crippen LogP contribution in [0.25, 0.3) is 105 Å². The Morgan fingerprint density at radius 2 is 0.896 bits per heavy atom. The fraction of sp³-hybridized carbons (Fsp3) is 0. The summed E-state index contributed by atoms with van der Waals surface area (Å²) >= 11 is 0. The molecule has 0 amide bonds. The zero-order valence-corrected chi connectivity index (χ0v) is 36.6. The van der Waals surface area contributed by atoms with Crippen molar-refractivity contribution in [1.29, 1.82) is 0 Å². The molecule has 0 aliphatic carbocycles. The topological polar surface area (TPSA) is 21.3 Å². The first-order valence-corrected chi connectivity index (χ1v) is 22.9. The average molecular weight is 855 g/mol. The molecular formula is C64H42N2O. The lowest BCUT2D eigenvalue weighted by Gasteiger charge is -2.29. The third-order valence-corrected chi connectivity index (χ3v) is 13.4. The second-order valence-electron chi connectivity index (χ2n) is 17.2. The van der Waals surface area contributed by atoms with Gasteiger partial charge in [-0.1, -0.05) is 200 Å². The minimum Gasteiger partial charge on any atom is -0.455 e. The lowest BCUT2D eigenvalue weighted by atomic mass is 9.95. The molecule has 67 heavy (non-hydrogen) atoms. The smallest absolute Gasteiger partial charge is 0.143 e. The van der Waals surface area contributed by atoms with E-state index in [1.54, 1.807) is 0 Å². The van der Waals surface area contributed by atoms with Gasteiger partial charge in [-0.2, -0.15) is 0 Å². The molecule has 13 aromatic rings. The van der Waals surface area contributed by atoms with Crippen LogP contribution in [-0.2, 0) is 0 Å². The fourth-order valence-electron chi connectivity index (χ4n) is 10.3. The number of anilines is 3. The highest BCUT2D eigenvalue weighted by molar-refractivity contribution is 6.11. The summed E-state index contributed by atoms with van der Waals surface area (Å²) in [7, 11) is 0. The van der Waals surface area contributed by atoms with Gasteiger partial charge in [0.1, 0.15) is 11.2 Å². The van der Waals surface area contributed by atoms with Gasteiger partial charge in [0.05, 0.1) is 22.4 Å². The van der Waals surface area contributed by atoms with Gasteiger partial charge in [0.25, 0.3) is 0 Å². The Hall–Kier alpha value is -8.92. The van der Waals surface area contributed by atoms with Crippen LogP contribution in [0.1, 0.15) is 0 Å². The molecule has 0 aliphatic heterocycles. The van der Waals surface area contributed by atoms with E-state index in [0.29, 0.717) is 0 Å². The summed E-state index contributed by atoms with van der Waals surface area (Å²) in [5.74, 6) is 0. The zero-order valence-electron chi connectivity index (χ0n) is 36.6. The molecule has 0 radical (unpaired) electrons. The molecule has 0 N–H and O–H groups in total. The van der Waals surface area contributed by atoms with Crippen LogP contribution in [0.4, 0.5) is 17.1 Å². The van der Waals surface area contributed by atoms with Crippen molar-refractivity contribution in [2.75, 3.05) is 4.90 Å². The van der Waals surface area contributed by atoms with Crippen molar-refractivity contribution in [3.05, 3.63) is 255 Å². The highest BCUT2D eigenvalue weighted by atomic mass is 16.3. The molecule has 0 spiro atoms. The first-order chi connectivity index (χ1) is 33.2. The van der Waals surface area contributed by atoms with Crippen LogP contribution in [0.5, 0.6) is 0 Å². The fourth-order valence-corrected chi connectivity index (χ4v) is 10.3. The number of hydrogen-bond acceptors (Lipinski definition) is 2. The molecule has 0 fully saturated rings. The van der Waals surface area contributed by atoms with E-state index in [-0.39, 0.29) is 0 Å². The van der Waals surface area contributed by atoms with E-state index in [9.17, 15) is 0 Å². The van der Waals surface area contributed by atoms with Crippen LogP contribution < -0.4 is 4.90 Å². The van der Waals surface area contributed by atoms with Gasteiger partial charge in [0.2, 0.25) is 0 Å². The highest BCUT2D eigenvalue weighted by Gasteiger charge is 2.22. The standard InChI is InChI=1S/C64H42N2O/c1-2-17-43(18-3-1)46-37-40-51(62(42-46)66-60-32-11-7-25-55(60)56-26-8-12-33-61(56)66)45-35-38-48(39-36-45)65(59-31-10-6-24-54(59)53-29-15-20-44-19-4-5-23-50(44)53)49-22-14-21-47(41-49)52-28-16-30-58-57-27-9-13-34-63(57)67-64(52)58/h1-42H. The molecule has 11 aromatic carbocycles. The molecule has 0 atom stereocenters. The summed E-state index contributed by atoms with van der Waals surface area (Å²) in [4.78, 5) is 2.41. The third-order valence-electron chi connectivity index (χ3n) is 13.4. The maximum Gasteiger partial charge on any atom is 0.143 e. The Bertz CT molecular complexity index is 3930. The summed E-state index contributed by atoms with van der Waals surface area (Å²) in [5.41, 5.74) is 17.6. The molecule has 3 nitrogen and oxygen atoms in total. The minimum atomic E-state index is 0.892. The normalized spacial score (nSPS) is 11.6. The van der Waals surface area contributed by atoms with Crippen molar-refractivity contribution in [2.24, 2.45) is 0 Å². The van der Waals surface area contributed by atoms with Crippen molar-refractivity contribution in [3.8, 4) is 50.2 Å². The van der Waals surface area contributed by atoms with E-state index >= 15 is 0 Å². The Labute approximate surface area is 388 Å². The first kappa shape index (κ1) is 38.5. The SMILES string of the molecule is c1ccc(-c2ccc(-c3ccc(N(c4cccc(-c5cccc6c5oc5ccccc56)c4)c4ccccc4-c4cccc5ccccc45)cc3)c(-n3c4ccccc4c4ccccc43)c2)cc1. The average Bonchev–Trinajstić information content (AvgIpc) is 3.95. The van der Waals surface area contributed by atoms with Gasteiger partial charge in [0, 0.05) is 49.6 Å². The van der Waals surface area contributed by atoms with Crippen molar-refractivity contribution in [1.82, 2.24) is 4.57 Å². The van der Waals surface area contributed by atoms with Gasteiger partial charge in [-0.05, 0) is 93.2 Å². The van der Waals surface area contributed by atoms with Gasteiger partial charge in [-0.25, -0.2) is 0 Å².